The predicted molar refractivity (Wildman–Crippen MR) is 65.5 cm³/mol. The Morgan fingerprint density at radius 1 is 1.50 bits per heavy atom. The second-order valence-electron chi connectivity index (χ2n) is 3.28. The van der Waals surface area contributed by atoms with Crippen LogP contribution in [0.25, 0.3) is 0 Å². The number of halogens is 2. The Morgan fingerprint density at radius 2 is 2.22 bits per heavy atom. The third kappa shape index (κ3) is 3.96. The first-order valence-electron chi connectivity index (χ1n) is 5.00. The minimum atomic E-state index is -1.34. The molecule has 0 radical (unpaired) electrons. The van der Waals surface area contributed by atoms with Crippen LogP contribution in [0.5, 0.6) is 0 Å². The molecule has 0 fully saturated rings. The van der Waals surface area contributed by atoms with Crippen LogP contribution in [0, 0.1) is 5.82 Å². The Labute approximate surface area is 111 Å². The van der Waals surface area contributed by atoms with E-state index in [2.05, 4.69) is 15.9 Å². The van der Waals surface area contributed by atoms with Crippen molar-refractivity contribution in [2.75, 3.05) is 6.61 Å². The maximum Gasteiger partial charge on any atom is 0.371 e. The van der Waals surface area contributed by atoms with E-state index in [0.717, 1.165) is 6.08 Å². The zero-order chi connectivity index (χ0) is 13.5. The molecule has 0 saturated carbocycles. The summed E-state index contributed by atoms with van der Waals surface area (Å²) in [5.41, 5.74) is 0.403. The summed E-state index contributed by atoms with van der Waals surface area (Å²) in [6.07, 6.45) is 1.33. The van der Waals surface area contributed by atoms with Gasteiger partial charge in [-0.1, -0.05) is 12.1 Å². The van der Waals surface area contributed by atoms with Crippen LogP contribution < -0.4 is 0 Å². The number of rotatable bonds is 6. The number of carboxylic acids is 1. The number of ether oxygens (including phenoxy) is 1. The standard InChI is InChI=1S/C12H10BrFO4/c13-9-3-1-2-8(11(9)14)5-7-18-10(4-6-15)12(16)17/h1-4,6H,5,7H2,(H,16,17)/b10-4-. The van der Waals surface area contributed by atoms with Crippen molar-refractivity contribution in [2.45, 2.75) is 6.42 Å². The Kier molecular flexibility index (Phi) is 5.51. The molecule has 0 bridgehead atoms. The van der Waals surface area contributed by atoms with Crippen LogP contribution in [0.15, 0.2) is 34.5 Å². The minimum Gasteiger partial charge on any atom is -0.486 e. The summed E-state index contributed by atoms with van der Waals surface area (Å²) in [6.45, 7) is -0.0284. The van der Waals surface area contributed by atoms with Gasteiger partial charge in [0.1, 0.15) is 12.1 Å². The van der Waals surface area contributed by atoms with Crippen LogP contribution in [0.1, 0.15) is 5.56 Å². The minimum absolute atomic E-state index is 0.0284. The molecule has 1 rings (SSSR count). The molecule has 4 nitrogen and oxygen atoms in total. The van der Waals surface area contributed by atoms with Gasteiger partial charge < -0.3 is 9.84 Å². The van der Waals surface area contributed by atoms with E-state index in [1.807, 2.05) is 0 Å². The quantitative estimate of drug-likeness (QED) is 0.497. The van der Waals surface area contributed by atoms with Crippen LogP contribution in [0.3, 0.4) is 0 Å². The van der Waals surface area contributed by atoms with Crippen LogP contribution in [0.4, 0.5) is 4.39 Å². The predicted octanol–water partition coefficient (Wildman–Crippen LogP) is 2.31. The van der Waals surface area contributed by atoms with E-state index in [1.54, 1.807) is 18.2 Å². The molecule has 1 aromatic carbocycles. The van der Waals surface area contributed by atoms with E-state index < -0.39 is 17.5 Å². The number of hydrogen-bond acceptors (Lipinski definition) is 3. The monoisotopic (exact) mass is 316 g/mol. The molecule has 0 aliphatic rings. The highest BCUT2D eigenvalue weighted by molar-refractivity contribution is 9.10. The molecule has 0 aliphatic carbocycles. The molecule has 0 heterocycles. The highest BCUT2D eigenvalue weighted by atomic mass is 79.9. The van der Waals surface area contributed by atoms with Gasteiger partial charge in [-0.3, -0.25) is 4.79 Å². The molecular weight excluding hydrogens is 307 g/mol. The molecular formula is C12H10BrFO4. The van der Waals surface area contributed by atoms with Gasteiger partial charge in [-0.2, -0.15) is 0 Å². The lowest BCUT2D eigenvalue weighted by Gasteiger charge is -2.07. The van der Waals surface area contributed by atoms with Crippen molar-refractivity contribution >= 4 is 28.2 Å². The van der Waals surface area contributed by atoms with Crippen molar-refractivity contribution < 1.29 is 23.8 Å². The van der Waals surface area contributed by atoms with Crippen molar-refractivity contribution in [3.63, 3.8) is 0 Å². The summed E-state index contributed by atoms with van der Waals surface area (Å²) in [5, 5.41) is 8.67. The lowest BCUT2D eigenvalue weighted by atomic mass is 10.1. The van der Waals surface area contributed by atoms with E-state index in [9.17, 15) is 14.0 Å². The molecule has 0 unspecified atom stereocenters. The van der Waals surface area contributed by atoms with Gasteiger partial charge in [0.2, 0.25) is 5.76 Å². The first-order valence-corrected chi connectivity index (χ1v) is 5.80. The van der Waals surface area contributed by atoms with Gasteiger partial charge in [0.05, 0.1) is 11.1 Å². The van der Waals surface area contributed by atoms with Gasteiger partial charge in [0.15, 0.2) is 0 Å². The average Bonchev–Trinajstić information content (AvgIpc) is 2.33. The molecule has 96 valence electrons. The second kappa shape index (κ2) is 6.90. The second-order valence-corrected chi connectivity index (χ2v) is 4.14. The summed E-state index contributed by atoms with van der Waals surface area (Å²) in [5.74, 6) is -2.20. The van der Waals surface area contributed by atoms with Crippen molar-refractivity contribution in [2.24, 2.45) is 0 Å². The Morgan fingerprint density at radius 3 is 2.83 bits per heavy atom. The van der Waals surface area contributed by atoms with E-state index in [1.165, 1.54) is 0 Å². The Balaban J connectivity index is 2.61. The van der Waals surface area contributed by atoms with Gasteiger partial charge in [0, 0.05) is 12.5 Å². The summed E-state index contributed by atoms with van der Waals surface area (Å²) in [7, 11) is 0. The maximum absolute atomic E-state index is 13.5. The number of carbonyl (C=O) groups excluding carboxylic acids is 1. The molecule has 0 spiro atoms. The highest BCUT2D eigenvalue weighted by Gasteiger charge is 2.10. The first kappa shape index (κ1) is 14.4. The zero-order valence-corrected chi connectivity index (χ0v) is 10.8. The molecule has 0 aliphatic heterocycles. The van der Waals surface area contributed by atoms with Crippen molar-refractivity contribution in [3.05, 3.63) is 45.9 Å². The third-order valence-electron chi connectivity index (χ3n) is 2.09. The van der Waals surface area contributed by atoms with E-state index >= 15 is 0 Å². The van der Waals surface area contributed by atoms with Crippen LogP contribution in [0.2, 0.25) is 0 Å². The number of carbonyl (C=O) groups is 2. The topological polar surface area (TPSA) is 63.6 Å². The number of aliphatic carboxylic acids is 1. The first-order chi connectivity index (χ1) is 8.56. The fourth-order valence-electron chi connectivity index (χ4n) is 1.26. The Bertz CT molecular complexity index is 485. The molecule has 1 N–H and O–H groups in total. The zero-order valence-electron chi connectivity index (χ0n) is 9.23. The number of carboxylic acid groups (broad SMARTS) is 1. The van der Waals surface area contributed by atoms with Gasteiger partial charge in [-0.05, 0) is 27.6 Å². The molecule has 0 amide bonds. The van der Waals surface area contributed by atoms with Crippen molar-refractivity contribution in [1.29, 1.82) is 0 Å². The highest BCUT2D eigenvalue weighted by Crippen LogP contribution is 2.19. The molecule has 0 aromatic heterocycles. The van der Waals surface area contributed by atoms with Crippen LogP contribution in [-0.2, 0) is 20.7 Å². The van der Waals surface area contributed by atoms with Crippen LogP contribution in [-0.4, -0.2) is 24.0 Å². The number of hydrogen-bond donors (Lipinski definition) is 1. The summed E-state index contributed by atoms with van der Waals surface area (Å²) >= 11 is 3.05. The number of aldehydes is 1. The number of benzene rings is 1. The number of allylic oxidation sites excluding steroid dienone is 1. The molecule has 6 heteroatoms. The van der Waals surface area contributed by atoms with E-state index in [4.69, 9.17) is 9.84 Å². The molecule has 0 atom stereocenters. The lowest BCUT2D eigenvalue weighted by Crippen LogP contribution is -2.08. The fourth-order valence-corrected chi connectivity index (χ4v) is 1.66. The fraction of sp³-hybridized carbons (Fsp3) is 0.167. The summed E-state index contributed by atoms with van der Waals surface area (Å²) in [4.78, 5) is 20.8. The third-order valence-corrected chi connectivity index (χ3v) is 2.70. The van der Waals surface area contributed by atoms with Gasteiger partial charge >= 0.3 is 5.97 Å². The molecule has 18 heavy (non-hydrogen) atoms. The molecule has 0 saturated heterocycles. The Hall–Kier alpha value is -1.69. The smallest absolute Gasteiger partial charge is 0.371 e. The van der Waals surface area contributed by atoms with E-state index in [-0.39, 0.29) is 13.0 Å². The normalized spacial score (nSPS) is 11.1. The summed E-state index contributed by atoms with van der Waals surface area (Å²) < 4.78 is 18.8. The van der Waals surface area contributed by atoms with Crippen molar-refractivity contribution in [1.82, 2.24) is 0 Å². The van der Waals surface area contributed by atoms with E-state index in [0.29, 0.717) is 16.3 Å². The van der Waals surface area contributed by atoms with Gasteiger partial charge in [-0.25, -0.2) is 9.18 Å². The SMILES string of the molecule is O=C/C=C(\OCCc1cccc(Br)c1F)C(=O)O. The molecule has 1 aromatic rings. The van der Waals surface area contributed by atoms with Crippen molar-refractivity contribution in [3.8, 4) is 0 Å². The van der Waals surface area contributed by atoms with Gasteiger partial charge in [-0.15, -0.1) is 0 Å². The summed E-state index contributed by atoms with van der Waals surface area (Å²) in [6, 6.07) is 4.81. The average molecular weight is 317 g/mol. The lowest BCUT2D eigenvalue weighted by molar-refractivity contribution is -0.136. The van der Waals surface area contributed by atoms with Crippen LogP contribution >= 0.6 is 15.9 Å². The maximum atomic E-state index is 13.5. The van der Waals surface area contributed by atoms with Gasteiger partial charge in [0.25, 0.3) is 0 Å². The largest absolute Gasteiger partial charge is 0.486 e.